The van der Waals surface area contributed by atoms with Gasteiger partial charge in [-0.3, -0.25) is 13.9 Å². The van der Waals surface area contributed by atoms with E-state index in [4.69, 9.17) is 23.2 Å². The Balaban J connectivity index is 1.82. The number of hydrogen-bond donors (Lipinski definition) is 1. The lowest BCUT2D eigenvalue weighted by Gasteiger charge is -2.34. The van der Waals surface area contributed by atoms with Crippen LogP contribution in [0.15, 0.2) is 102 Å². The van der Waals surface area contributed by atoms with E-state index in [1.165, 1.54) is 35.2 Å². The van der Waals surface area contributed by atoms with Crippen molar-refractivity contribution in [2.24, 2.45) is 0 Å². The smallest absolute Gasteiger partial charge is 0.264 e. The molecule has 0 saturated heterocycles. The Morgan fingerprint density at radius 1 is 0.867 bits per heavy atom. The maximum atomic E-state index is 15.2. The molecule has 4 aromatic rings. The highest BCUT2D eigenvalue weighted by Crippen LogP contribution is 2.28. The summed E-state index contributed by atoms with van der Waals surface area (Å²) in [5, 5.41) is 3.45. The van der Waals surface area contributed by atoms with Crippen molar-refractivity contribution in [3.8, 4) is 0 Å². The number of hydrogen-bond acceptors (Lipinski definition) is 4. The maximum absolute atomic E-state index is 15.2. The van der Waals surface area contributed by atoms with E-state index < -0.39 is 40.2 Å². The molecule has 0 aromatic heterocycles. The fourth-order valence-corrected chi connectivity index (χ4v) is 6.50. The first-order chi connectivity index (χ1) is 21.5. The summed E-state index contributed by atoms with van der Waals surface area (Å²) in [4.78, 5) is 29.3. The molecule has 0 spiro atoms. The molecule has 4 rings (SSSR count). The molecule has 2 amide bonds. The van der Waals surface area contributed by atoms with Gasteiger partial charge in [-0.1, -0.05) is 96.4 Å². The molecule has 0 unspecified atom stereocenters. The van der Waals surface area contributed by atoms with Crippen molar-refractivity contribution >= 4 is 50.7 Å². The number of nitrogens with zero attached hydrogens (tertiary/aromatic N) is 2. The molecule has 7 nitrogen and oxygen atoms in total. The molecule has 0 radical (unpaired) electrons. The molecule has 236 valence electrons. The average Bonchev–Trinajstić information content (AvgIpc) is 3.03. The fourth-order valence-electron chi connectivity index (χ4n) is 4.76. The minimum atomic E-state index is -4.42. The Morgan fingerprint density at radius 2 is 1.53 bits per heavy atom. The first kappa shape index (κ1) is 34.0. The van der Waals surface area contributed by atoms with Crippen molar-refractivity contribution in [2.75, 3.05) is 17.4 Å². The molecule has 0 bridgehead atoms. The molecular formula is C34H34Cl2FN3O4S. The standard InChI is InChI=1S/C34H34Cl2FN3O4S/c1-3-19-38-34(42)32(21-25-9-5-4-6-10-25)39(22-26-15-18-28(35)29(36)20-26)33(41)23-40(31-12-8-7-11-30(31)37)45(43,44)27-16-13-24(2)14-17-27/h4-18,20,32H,3,19,21-23H2,1-2H3,(H,38,42)/t32-/m1/s1. The second-order valence-electron chi connectivity index (χ2n) is 10.5. The van der Waals surface area contributed by atoms with Crippen LogP contribution in [0.3, 0.4) is 0 Å². The third kappa shape index (κ3) is 8.63. The SMILES string of the molecule is CCCNC(=O)[C@@H](Cc1ccccc1)N(Cc1ccc(Cl)c(Cl)c1)C(=O)CN(c1ccccc1F)S(=O)(=O)c1ccc(C)cc1. The van der Waals surface area contributed by atoms with E-state index in [0.717, 1.165) is 21.5 Å². The normalized spacial score (nSPS) is 11.9. The summed E-state index contributed by atoms with van der Waals surface area (Å²) in [6.07, 6.45) is 0.814. The van der Waals surface area contributed by atoms with E-state index >= 15 is 4.39 Å². The Morgan fingerprint density at radius 3 is 2.18 bits per heavy atom. The molecule has 0 aliphatic heterocycles. The molecule has 45 heavy (non-hydrogen) atoms. The summed E-state index contributed by atoms with van der Waals surface area (Å²) >= 11 is 12.4. The first-order valence-electron chi connectivity index (χ1n) is 14.4. The van der Waals surface area contributed by atoms with Crippen LogP contribution in [0.4, 0.5) is 10.1 Å². The molecule has 1 atom stereocenters. The number of anilines is 1. The van der Waals surface area contributed by atoms with Crippen LogP contribution in [0.5, 0.6) is 0 Å². The number of nitrogens with one attached hydrogen (secondary N) is 1. The Bertz CT molecular complexity index is 1740. The van der Waals surface area contributed by atoms with E-state index in [-0.39, 0.29) is 28.6 Å². The van der Waals surface area contributed by atoms with Gasteiger partial charge in [0.15, 0.2) is 0 Å². The van der Waals surface area contributed by atoms with Gasteiger partial charge in [0.05, 0.1) is 20.6 Å². The fraction of sp³-hybridized carbons (Fsp3) is 0.235. The monoisotopic (exact) mass is 669 g/mol. The molecule has 0 aliphatic carbocycles. The van der Waals surface area contributed by atoms with Crippen molar-refractivity contribution in [3.05, 3.63) is 130 Å². The summed E-state index contributed by atoms with van der Waals surface area (Å²) in [6.45, 7) is 3.23. The van der Waals surface area contributed by atoms with Gasteiger partial charge in [0.25, 0.3) is 10.0 Å². The van der Waals surface area contributed by atoms with Crippen molar-refractivity contribution < 1.29 is 22.4 Å². The Labute approximate surface area is 273 Å². The zero-order valence-corrected chi connectivity index (χ0v) is 27.2. The zero-order valence-electron chi connectivity index (χ0n) is 24.9. The van der Waals surface area contributed by atoms with Gasteiger partial charge < -0.3 is 10.2 Å². The third-order valence-corrected chi connectivity index (χ3v) is 9.68. The molecule has 11 heteroatoms. The number of para-hydroxylation sites is 1. The Kier molecular flexibility index (Phi) is 11.6. The summed E-state index contributed by atoms with van der Waals surface area (Å²) in [5.74, 6) is -1.95. The zero-order chi connectivity index (χ0) is 32.6. The molecule has 0 fully saturated rings. The molecule has 4 aromatic carbocycles. The summed E-state index contributed by atoms with van der Waals surface area (Å²) in [6, 6.07) is 24.4. The predicted molar refractivity (Wildman–Crippen MR) is 176 cm³/mol. The van der Waals surface area contributed by atoms with Crippen molar-refractivity contribution in [3.63, 3.8) is 0 Å². The molecular weight excluding hydrogens is 636 g/mol. The molecule has 1 N–H and O–H groups in total. The van der Waals surface area contributed by atoms with Crippen LogP contribution in [0.25, 0.3) is 0 Å². The largest absolute Gasteiger partial charge is 0.354 e. The highest BCUT2D eigenvalue weighted by molar-refractivity contribution is 7.92. The van der Waals surface area contributed by atoms with Crippen LogP contribution in [-0.4, -0.2) is 44.3 Å². The maximum Gasteiger partial charge on any atom is 0.264 e. The number of carbonyl (C=O) groups excluding carboxylic acids is 2. The number of rotatable bonds is 13. The minimum Gasteiger partial charge on any atom is -0.354 e. The van der Waals surface area contributed by atoms with Crippen LogP contribution in [0.2, 0.25) is 10.0 Å². The lowest BCUT2D eigenvalue weighted by atomic mass is 10.0. The van der Waals surface area contributed by atoms with Crippen molar-refractivity contribution in [1.29, 1.82) is 0 Å². The third-order valence-electron chi connectivity index (χ3n) is 7.17. The summed E-state index contributed by atoms with van der Waals surface area (Å²) < 4.78 is 44.0. The predicted octanol–water partition coefficient (Wildman–Crippen LogP) is 6.80. The lowest BCUT2D eigenvalue weighted by Crippen LogP contribution is -2.53. The van der Waals surface area contributed by atoms with E-state index in [0.29, 0.717) is 23.6 Å². The Hall–Kier alpha value is -3.92. The van der Waals surface area contributed by atoms with Gasteiger partial charge >= 0.3 is 0 Å². The summed E-state index contributed by atoms with van der Waals surface area (Å²) in [5.41, 5.74) is 1.89. The van der Waals surface area contributed by atoms with Gasteiger partial charge in [-0.25, -0.2) is 12.8 Å². The number of aryl methyl sites for hydroxylation is 1. The van der Waals surface area contributed by atoms with E-state index in [2.05, 4.69) is 5.32 Å². The number of amides is 2. The lowest BCUT2D eigenvalue weighted by molar-refractivity contribution is -0.140. The van der Waals surface area contributed by atoms with Gasteiger partial charge in [-0.15, -0.1) is 0 Å². The van der Waals surface area contributed by atoms with Crippen LogP contribution in [-0.2, 0) is 32.6 Å². The highest BCUT2D eigenvalue weighted by Gasteiger charge is 2.35. The van der Waals surface area contributed by atoms with Crippen LogP contribution in [0, 0.1) is 12.7 Å². The van der Waals surface area contributed by atoms with Crippen molar-refractivity contribution in [2.45, 2.75) is 44.2 Å². The van der Waals surface area contributed by atoms with Gasteiger partial charge in [0.1, 0.15) is 18.4 Å². The second kappa shape index (κ2) is 15.4. The number of benzene rings is 4. The van der Waals surface area contributed by atoms with Gasteiger partial charge in [-0.05, 0) is 60.9 Å². The van der Waals surface area contributed by atoms with Gasteiger partial charge in [0, 0.05) is 19.5 Å². The number of halogens is 3. The van der Waals surface area contributed by atoms with Gasteiger partial charge in [0.2, 0.25) is 11.8 Å². The van der Waals surface area contributed by atoms with E-state index in [1.54, 1.807) is 30.3 Å². The summed E-state index contributed by atoms with van der Waals surface area (Å²) in [7, 11) is -4.42. The van der Waals surface area contributed by atoms with E-state index in [1.807, 2.05) is 44.2 Å². The number of sulfonamides is 1. The van der Waals surface area contributed by atoms with Crippen LogP contribution >= 0.6 is 23.2 Å². The molecule has 0 heterocycles. The quantitative estimate of drug-likeness (QED) is 0.170. The number of carbonyl (C=O) groups is 2. The first-order valence-corrected chi connectivity index (χ1v) is 16.6. The average molecular weight is 671 g/mol. The topological polar surface area (TPSA) is 86.8 Å². The van der Waals surface area contributed by atoms with Crippen LogP contribution < -0.4 is 9.62 Å². The minimum absolute atomic E-state index is 0.0948. The molecule has 0 aliphatic rings. The van der Waals surface area contributed by atoms with Crippen LogP contribution in [0.1, 0.15) is 30.0 Å². The van der Waals surface area contributed by atoms with Crippen molar-refractivity contribution in [1.82, 2.24) is 10.2 Å². The highest BCUT2D eigenvalue weighted by atomic mass is 35.5. The van der Waals surface area contributed by atoms with E-state index in [9.17, 15) is 18.0 Å². The second-order valence-corrected chi connectivity index (χ2v) is 13.2. The molecule has 0 saturated carbocycles. The van der Waals surface area contributed by atoms with Gasteiger partial charge in [-0.2, -0.15) is 0 Å².